The highest BCUT2D eigenvalue weighted by atomic mass is 79.9. The lowest BCUT2D eigenvalue weighted by molar-refractivity contribution is -0.0250. The van der Waals surface area contributed by atoms with Gasteiger partial charge in [0, 0.05) is 23.5 Å². The van der Waals surface area contributed by atoms with Gasteiger partial charge in [-0.15, -0.1) is 0 Å². The van der Waals surface area contributed by atoms with Crippen molar-refractivity contribution in [1.82, 2.24) is 4.90 Å². The summed E-state index contributed by atoms with van der Waals surface area (Å²) in [4.78, 5) is 14.5. The molecule has 158 valence electrons. The molecule has 3 aromatic carbocycles. The van der Waals surface area contributed by atoms with E-state index >= 15 is 0 Å². The van der Waals surface area contributed by atoms with E-state index in [1.165, 1.54) is 22.3 Å². The standard InChI is InChI=1S/C26H24BrNO3/c27-19-7-5-6-18(16-19)26(30)12-14-28(15-13-26)25(29)31-17-24-22-10-3-1-8-20(22)21-9-2-4-11-23(21)24/h1-11,16,24,30H,12-15,17H2. The van der Waals surface area contributed by atoms with E-state index in [4.69, 9.17) is 4.74 Å². The second-order valence-electron chi connectivity index (χ2n) is 8.33. The van der Waals surface area contributed by atoms with Crippen LogP contribution >= 0.6 is 15.9 Å². The van der Waals surface area contributed by atoms with Crippen LogP contribution in [0.25, 0.3) is 11.1 Å². The van der Waals surface area contributed by atoms with Gasteiger partial charge in [0.15, 0.2) is 0 Å². The smallest absolute Gasteiger partial charge is 0.409 e. The highest BCUT2D eigenvalue weighted by molar-refractivity contribution is 9.10. The molecule has 0 spiro atoms. The van der Waals surface area contributed by atoms with Crippen molar-refractivity contribution in [3.8, 4) is 11.1 Å². The monoisotopic (exact) mass is 477 g/mol. The lowest BCUT2D eigenvalue weighted by Gasteiger charge is -2.38. The van der Waals surface area contributed by atoms with Crippen LogP contribution in [-0.4, -0.2) is 35.8 Å². The summed E-state index contributed by atoms with van der Waals surface area (Å²) in [6.45, 7) is 1.26. The number of piperidine rings is 1. The Bertz CT molecular complexity index is 1080. The zero-order chi connectivity index (χ0) is 21.4. The van der Waals surface area contributed by atoms with Gasteiger partial charge in [0.1, 0.15) is 6.61 Å². The maximum Gasteiger partial charge on any atom is 0.409 e. The fourth-order valence-corrected chi connectivity index (χ4v) is 5.21. The quantitative estimate of drug-likeness (QED) is 0.527. The van der Waals surface area contributed by atoms with E-state index in [0.717, 1.165) is 10.0 Å². The molecular weight excluding hydrogens is 454 g/mol. The van der Waals surface area contributed by atoms with Crippen LogP contribution in [0.15, 0.2) is 77.3 Å². The highest BCUT2D eigenvalue weighted by Gasteiger charge is 2.36. The van der Waals surface area contributed by atoms with Crippen LogP contribution in [0.3, 0.4) is 0 Å². The molecule has 1 fully saturated rings. The van der Waals surface area contributed by atoms with E-state index < -0.39 is 5.60 Å². The van der Waals surface area contributed by atoms with Crippen molar-refractivity contribution in [3.05, 3.63) is 94.0 Å². The molecule has 0 aromatic heterocycles. The van der Waals surface area contributed by atoms with Crippen LogP contribution in [0, 0.1) is 0 Å². The summed E-state index contributed by atoms with van der Waals surface area (Å²) in [5, 5.41) is 11.1. The molecular formula is C26H24BrNO3. The second-order valence-corrected chi connectivity index (χ2v) is 9.25. The molecule has 5 rings (SSSR count). The fourth-order valence-electron chi connectivity index (χ4n) is 4.81. The summed E-state index contributed by atoms with van der Waals surface area (Å²) in [5.74, 6) is 0.0553. The molecule has 0 radical (unpaired) electrons. The molecule has 1 aliphatic heterocycles. The van der Waals surface area contributed by atoms with E-state index in [9.17, 15) is 9.90 Å². The molecule has 0 atom stereocenters. The van der Waals surface area contributed by atoms with Crippen molar-refractivity contribution in [2.45, 2.75) is 24.4 Å². The van der Waals surface area contributed by atoms with Crippen LogP contribution in [0.4, 0.5) is 4.79 Å². The number of likely N-dealkylation sites (tertiary alicyclic amines) is 1. The largest absolute Gasteiger partial charge is 0.448 e. The summed E-state index contributed by atoms with van der Waals surface area (Å²) >= 11 is 3.47. The zero-order valence-corrected chi connectivity index (χ0v) is 18.7. The molecule has 0 bridgehead atoms. The van der Waals surface area contributed by atoms with E-state index in [1.807, 2.05) is 48.5 Å². The Hall–Kier alpha value is -2.63. The fraction of sp³-hybridized carbons (Fsp3) is 0.269. The minimum Gasteiger partial charge on any atom is -0.448 e. The third kappa shape index (κ3) is 3.77. The van der Waals surface area contributed by atoms with E-state index in [2.05, 4.69) is 40.2 Å². The predicted molar refractivity (Wildman–Crippen MR) is 124 cm³/mol. The average Bonchev–Trinajstić information content (AvgIpc) is 3.12. The second kappa shape index (κ2) is 8.13. The minimum atomic E-state index is -0.913. The third-order valence-electron chi connectivity index (χ3n) is 6.55. The van der Waals surface area contributed by atoms with Crippen molar-refractivity contribution < 1.29 is 14.6 Å². The summed E-state index contributed by atoms with van der Waals surface area (Å²) < 4.78 is 6.71. The lowest BCUT2D eigenvalue weighted by atomic mass is 9.84. The van der Waals surface area contributed by atoms with Crippen LogP contribution in [0.2, 0.25) is 0 Å². The number of rotatable bonds is 3. The number of ether oxygens (including phenoxy) is 1. The zero-order valence-electron chi connectivity index (χ0n) is 17.1. The molecule has 5 heteroatoms. The summed E-state index contributed by atoms with van der Waals surface area (Å²) in [6.07, 6.45) is 0.680. The Kier molecular flexibility index (Phi) is 5.32. The van der Waals surface area contributed by atoms with Crippen molar-refractivity contribution >= 4 is 22.0 Å². The Morgan fingerprint density at radius 2 is 1.58 bits per heavy atom. The van der Waals surface area contributed by atoms with Gasteiger partial charge < -0.3 is 14.7 Å². The number of benzene rings is 3. The first-order valence-electron chi connectivity index (χ1n) is 10.6. The highest BCUT2D eigenvalue weighted by Crippen LogP contribution is 2.44. The van der Waals surface area contributed by atoms with Gasteiger partial charge >= 0.3 is 6.09 Å². The summed E-state index contributed by atoms with van der Waals surface area (Å²) in [7, 11) is 0. The Labute approximate surface area is 190 Å². The molecule has 1 heterocycles. The van der Waals surface area contributed by atoms with Crippen molar-refractivity contribution in [1.29, 1.82) is 0 Å². The normalized spacial score (nSPS) is 17.2. The molecule has 0 saturated carbocycles. The number of fused-ring (bicyclic) bond motifs is 3. The van der Waals surface area contributed by atoms with Crippen LogP contribution in [0.1, 0.15) is 35.4 Å². The number of hydrogen-bond acceptors (Lipinski definition) is 3. The van der Waals surface area contributed by atoms with Gasteiger partial charge in [-0.1, -0.05) is 76.6 Å². The predicted octanol–water partition coefficient (Wildman–Crippen LogP) is 5.68. The van der Waals surface area contributed by atoms with Crippen molar-refractivity contribution in [2.24, 2.45) is 0 Å². The number of nitrogens with zero attached hydrogens (tertiary/aromatic N) is 1. The molecule has 1 aliphatic carbocycles. The molecule has 4 nitrogen and oxygen atoms in total. The van der Waals surface area contributed by atoms with Crippen LogP contribution in [0.5, 0.6) is 0 Å². The average molecular weight is 478 g/mol. The molecule has 31 heavy (non-hydrogen) atoms. The maximum atomic E-state index is 12.8. The van der Waals surface area contributed by atoms with E-state index in [-0.39, 0.29) is 12.0 Å². The maximum absolute atomic E-state index is 12.8. The first-order valence-corrected chi connectivity index (χ1v) is 11.4. The number of halogens is 1. The molecule has 1 N–H and O–H groups in total. The number of carbonyl (C=O) groups excluding carboxylic acids is 1. The summed E-state index contributed by atoms with van der Waals surface area (Å²) in [5.41, 5.74) is 4.82. The van der Waals surface area contributed by atoms with Gasteiger partial charge in [0.2, 0.25) is 0 Å². The number of hydrogen-bond donors (Lipinski definition) is 1. The number of carbonyl (C=O) groups is 1. The van der Waals surface area contributed by atoms with E-state index in [1.54, 1.807) is 4.90 Å². The van der Waals surface area contributed by atoms with Crippen LogP contribution in [-0.2, 0) is 10.3 Å². The van der Waals surface area contributed by atoms with Gasteiger partial charge in [0.05, 0.1) is 5.60 Å². The molecule has 0 unspecified atom stereocenters. The van der Waals surface area contributed by atoms with Gasteiger partial charge in [-0.05, 0) is 52.8 Å². The number of aliphatic hydroxyl groups is 1. The first-order chi connectivity index (χ1) is 15.0. The molecule has 1 saturated heterocycles. The molecule has 2 aliphatic rings. The molecule has 1 amide bonds. The SMILES string of the molecule is O=C(OCC1c2ccccc2-c2ccccc21)N1CCC(O)(c2cccc(Br)c2)CC1. The van der Waals surface area contributed by atoms with E-state index in [0.29, 0.717) is 32.5 Å². The van der Waals surface area contributed by atoms with Gasteiger partial charge in [0.25, 0.3) is 0 Å². The Morgan fingerprint density at radius 1 is 0.968 bits per heavy atom. The topological polar surface area (TPSA) is 49.8 Å². The van der Waals surface area contributed by atoms with Crippen LogP contribution < -0.4 is 0 Å². The minimum absolute atomic E-state index is 0.0553. The number of amides is 1. The van der Waals surface area contributed by atoms with Gasteiger partial charge in [-0.3, -0.25) is 0 Å². The Balaban J connectivity index is 1.24. The molecule has 3 aromatic rings. The van der Waals surface area contributed by atoms with Crippen molar-refractivity contribution in [2.75, 3.05) is 19.7 Å². The Morgan fingerprint density at radius 3 is 2.19 bits per heavy atom. The van der Waals surface area contributed by atoms with Crippen molar-refractivity contribution in [3.63, 3.8) is 0 Å². The third-order valence-corrected chi connectivity index (χ3v) is 7.04. The first kappa shape index (κ1) is 20.3. The van der Waals surface area contributed by atoms with Gasteiger partial charge in [-0.2, -0.15) is 0 Å². The summed E-state index contributed by atoms with van der Waals surface area (Å²) in [6, 6.07) is 24.4. The lowest BCUT2D eigenvalue weighted by Crippen LogP contribution is -2.45. The van der Waals surface area contributed by atoms with Gasteiger partial charge in [-0.25, -0.2) is 4.79 Å².